The van der Waals surface area contributed by atoms with Gasteiger partial charge in [-0.05, 0) is 43.7 Å². The van der Waals surface area contributed by atoms with E-state index in [9.17, 15) is 0 Å². The summed E-state index contributed by atoms with van der Waals surface area (Å²) >= 11 is 0. The van der Waals surface area contributed by atoms with Crippen LogP contribution in [0.15, 0.2) is 42.6 Å². The Hall–Kier alpha value is -1.70. The first-order valence-corrected chi connectivity index (χ1v) is 4.60. The van der Waals surface area contributed by atoms with E-state index in [-0.39, 0.29) is 0 Å². The van der Waals surface area contributed by atoms with Crippen molar-refractivity contribution in [1.29, 1.82) is 0 Å². The predicted molar refractivity (Wildman–Crippen MR) is 61.1 cm³/mol. The highest BCUT2D eigenvalue weighted by Crippen LogP contribution is 2.03. The Morgan fingerprint density at radius 3 is 2.14 bits per heavy atom. The van der Waals surface area contributed by atoms with Gasteiger partial charge in [-0.2, -0.15) is 0 Å². The summed E-state index contributed by atoms with van der Waals surface area (Å²) in [6.07, 6.45) is 1.91. The zero-order valence-corrected chi connectivity index (χ0v) is 8.62. The number of aromatic amines is 1. The molecule has 74 valence electrons. The molecule has 0 aliphatic carbocycles. The smallest absolute Gasteiger partial charge is 0.0316 e. The molecule has 2 heteroatoms. The zero-order valence-electron chi connectivity index (χ0n) is 8.62. The van der Waals surface area contributed by atoms with Gasteiger partial charge in [-0.3, -0.25) is 0 Å². The van der Waals surface area contributed by atoms with Crippen LogP contribution in [0, 0.1) is 13.8 Å². The molecule has 0 saturated carbocycles. The number of nitrogens with one attached hydrogen (secondary N) is 1. The second kappa shape index (κ2) is 5.12. The minimum Gasteiger partial charge on any atom is -0.399 e. The van der Waals surface area contributed by atoms with Crippen molar-refractivity contribution in [2.75, 3.05) is 5.73 Å². The monoisotopic (exact) mass is 188 g/mol. The van der Waals surface area contributed by atoms with Crippen molar-refractivity contribution >= 4 is 5.69 Å². The third kappa shape index (κ3) is 3.81. The molecule has 0 fully saturated rings. The summed E-state index contributed by atoms with van der Waals surface area (Å²) < 4.78 is 0. The topological polar surface area (TPSA) is 41.8 Å². The largest absolute Gasteiger partial charge is 0.399 e. The second-order valence-corrected chi connectivity index (χ2v) is 3.27. The average molecular weight is 188 g/mol. The number of hydrogen-bond donors (Lipinski definition) is 2. The summed E-state index contributed by atoms with van der Waals surface area (Å²) in [5.41, 5.74) is 8.73. The number of hydrogen-bond acceptors (Lipinski definition) is 1. The first-order chi connectivity index (χ1) is 6.68. The fraction of sp³-hybridized carbons (Fsp3) is 0.167. The number of anilines is 1. The van der Waals surface area contributed by atoms with Crippen molar-refractivity contribution < 1.29 is 0 Å². The van der Waals surface area contributed by atoms with Gasteiger partial charge in [-0.1, -0.05) is 12.1 Å². The van der Waals surface area contributed by atoms with Crippen LogP contribution < -0.4 is 5.73 Å². The van der Waals surface area contributed by atoms with Crippen molar-refractivity contribution in [2.24, 2.45) is 0 Å². The molecule has 0 unspecified atom stereocenters. The molecule has 0 radical (unpaired) electrons. The lowest BCUT2D eigenvalue weighted by atomic mass is 10.2. The van der Waals surface area contributed by atoms with Crippen LogP contribution in [0.25, 0.3) is 0 Å². The van der Waals surface area contributed by atoms with E-state index in [2.05, 4.69) is 4.98 Å². The highest BCUT2D eigenvalue weighted by molar-refractivity contribution is 5.39. The third-order valence-electron chi connectivity index (χ3n) is 1.80. The van der Waals surface area contributed by atoms with Gasteiger partial charge in [0, 0.05) is 17.6 Å². The van der Waals surface area contributed by atoms with Gasteiger partial charge in [0.25, 0.3) is 0 Å². The minimum atomic E-state index is 0.838. The highest BCUT2D eigenvalue weighted by Gasteiger charge is 1.81. The fourth-order valence-electron chi connectivity index (χ4n) is 1.09. The first kappa shape index (κ1) is 10.4. The Labute approximate surface area is 84.8 Å². The van der Waals surface area contributed by atoms with Gasteiger partial charge >= 0.3 is 0 Å². The highest BCUT2D eigenvalue weighted by atomic mass is 14.7. The second-order valence-electron chi connectivity index (χ2n) is 3.27. The first-order valence-electron chi connectivity index (χ1n) is 4.60. The van der Waals surface area contributed by atoms with Crippen LogP contribution in [0.1, 0.15) is 11.3 Å². The van der Waals surface area contributed by atoms with Crippen LogP contribution >= 0.6 is 0 Å². The van der Waals surface area contributed by atoms with E-state index in [0.29, 0.717) is 0 Å². The van der Waals surface area contributed by atoms with Gasteiger partial charge < -0.3 is 10.7 Å². The molecule has 0 saturated heterocycles. The third-order valence-corrected chi connectivity index (χ3v) is 1.80. The standard InChI is InChI=1S/C7H9N.C5H7N/c1-6-3-2-4-7(8)5-6;1-5-3-2-4-6-5/h2-5H,8H2,1H3;2-4,6H,1H3. The summed E-state index contributed by atoms with van der Waals surface area (Å²) in [5, 5.41) is 0. The lowest BCUT2D eigenvalue weighted by Crippen LogP contribution is -1.82. The zero-order chi connectivity index (χ0) is 10.4. The van der Waals surface area contributed by atoms with Crippen LogP contribution in [0.2, 0.25) is 0 Å². The number of nitrogen functional groups attached to an aromatic ring is 1. The molecule has 1 aromatic carbocycles. The molecule has 2 aromatic rings. The fourth-order valence-corrected chi connectivity index (χ4v) is 1.09. The maximum Gasteiger partial charge on any atom is 0.0316 e. The van der Waals surface area contributed by atoms with Crippen molar-refractivity contribution in [3.63, 3.8) is 0 Å². The number of benzene rings is 1. The quantitative estimate of drug-likeness (QED) is 0.613. The molecule has 3 N–H and O–H groups in total. The van der Waals surface area contributed by atoms with Crippen LogP contribution in [0.4, 0.5) is 5.69 Å². The van der Waals surface area contributed by atoms with Crippen molar-refractivity contribution in [1.82, 2.24) is 4.98 Å². The van der Waals surface area contributed by atoms with E-state index < -0.39 is 0 Å². The number of H-pyrrole nitrogens is 1. The molecule has 2 nitrogen and oxygen atoms in total. The van der Waals surface area contributed by atoms with E-state index >= 15 is 0 Å². The molecule has 0 aliphatic heterocycles. The van der Waals surface area contributed by atoms with E-state index in [1.807, 2.05) is 56.4 Å². The average Bonchev–Trinajstić information content (AvgIpc) is 2.56. The molecular formula is C12H16N2. The van der Waals surface area contributed by atoms with Gasteiger partial charge in [-0.25, -0.2) is 0 Å². The molecule has 0 aliphatic rings. The summed E-state index contributed by atoms with van der Waals surface area (Å²) in [5.74, 6) is 0. The normalized spacial score (nSPS) is 9.00. The van der Waals surface area contributed by atoms with Crippen LogP contribution in [-0.4, -0.2) is 4.98 Å². The maximum atomic E-state index is 5.46. The van der Waals surface area contributed by atoms with Crippen molar-refractivity contribution in [3.8, 4) is 0 Å². The Morgan fingerprint density at radius 1 is 1.07 bits per heavy atom. The van der Waals surface area contributed by atoms with E-state index in [1.54, 1.807) is 0 Å². The summed E-state index contributed by atoms with van der Waals surface area (Å²) in [7, 11) is 0. The summed E-state index contributed by atoms with van der Waals surface area (Å²) in [4.78, 5) is 3.00. The van der Waals surface area contributed by atoms with Crippen LogP contribution in [0.5, 0.6) is 0 Å². The Morgan fingerprint density at radius 2 is 1.86 bits per heavy atom. The van der Waals surface area contributed by atoms with Crippen LogP contribution in [0.3, 0.4) is 0 Å². The number of nitrogens with two attached hydrogens (primary N) is 1. The van der Waals surface area contributed by atoms with E-state index in [0.717, 1.165) is 5.69 Å². The Bertz CT molecular complexity index is 346. The molecule has 1 heterocycles. The molecule has 14 heavy (non-hydrogen) atoms. The van der Waals surface area contributed by atoms with Gasteiger partial charge in [0.05, 0.1) is 0 Å². The van der Waals surface area contributed by atoms with Crippen molar-refractivity contribution in [2.45, 2.75) is 13.8 Å². The van der Waals surface area contributed by atoms with Gasteiger partial charge in [0.1, 0.15) is 0 Å². The molecule has 0 atom stereocenters. The molecular weight excluding hydrogens is 172 g/mol. The molecule has 0 spiro atoms. The van der Waals surface area contributed by atoms with Crippen LogP contribution in [-0.2, 0) is 0 Å². The number of aryl methyl sites for hydroxylation is 2. The van der Waals surface area contributed by atoms with Gasteiger partial charge in [0.2, 0.25) is 0 Å². The summed E-state index contributed by atoms with van der Waals surface area (Å²) in [6, 6.07) is 11.8. The lowest BCUT2D eigenvalue weighted by molar-refractivity contribution is 1.27. The molecule has 0 amide bonds. The molecule has 2 rings (SSSR count). The molecule has 1 aromatic heterocycles. The van der Waals surface area contributed by atoms with Gasteiger partial charge in [-0.15, -0.1) is 0 Å². The molecule has 0 bridgehead atoms. The number of aromatic nitrogens is 1. The maximum absolute atomic E-state index is 5.46. The van der Waals surface area contributed by atoms with E-state index in [4.69, 9.17) is 5.73 Å². The summed E-state index contributed by atoms with van der Waals surface area (Å²) in [6.45, 7) is 4.05. The van der Waals surface area contributed by atoms with E-state index in [1.165, 1.54) is 11.3 Å². The van der Waals surface area contributed by atoms with Gasteiger partial charge in [0.15, 0.2) is 0 Å². The minimum absolute atomic E-state index is 0.838. The lowest BCUT2D eigenvalue weighted by Gasteiger charge is -1.91. The SMILES string of the molecule is Cc1ccc[nH]1.Cc1cccc(N)c1. The Kier molecular flexibility index (Phi) is 3.80. The number of rotatable bonds is 0. The predicted octanol–water partition coefficient (Wildman–Crippen LogP) is 2.90. The Balaban J connectivity index is 0.000000146. The van der Waals surface area contributed by atoms with Crippen molar-refractivity contribution in [3.05, 3.63) is 53.9 Å².